The maximum Gasteiger partial charge on any atom is 0.229 e. The van der Waals surface area contributed by atoms with Crippen LogP contribution in [-0.2, 0) is 11.6 Å². The van der Waals surface area contributed by atoms with E-state index in [1.807, 2.05) is 30.2 Å². The molecule has 248 valence electrons. The zero-order valence-corrected chi connectivity index (χ0v) is 30.0. The summed E-state index contributed by atoms with van der Waals surface area (Å²) in [6.45, 7) is 7.63. The van der Waals surface area contributed by atoms with Crippen molar-refractivity contribution in [2.45, 2.75) is 50.5 Å². The lowest BCUT2D eigenvalue weighted by molar-refractivity contribution is 0.187. The summed E-state index contributed by atoms with van der Waals surface area (Å²) in [7, 11) is 1.04. The Morgan fingerprint density at radius 1 is 0.936 bits per heavy atom. The van der Waals surface area contributed by atoms with Gasteiger partial charge in [-0.25, -0.2) is 4.98 Å². The molecule has 1 aliphatic heterocycles. The van der Waals surface area contributed by atoms with E-state index in [4.69, 9.17) is 9.72 Å². The lowest BCUT2D eigenvalue weighted by Crippen LogP contribution is -2.49. The Hall–Kier alpha value is -3.47. The first-order valence-electron chi connectivity index (χ1n) is 16.5. The fourth-order valence-corrected chi connectivity index (χ4v) is 8.28. The highest BCUT2D eigenvalue weighted by Crippen LogP contribution is 2.44. The zero-order valence-electron chi connectivity index (χ0n) is 27.5. The summed E-state index contributed by atoms with van der Waals surface area (Å²) < 4.78 is 21.8. The van der Waals surface area contributed by atoms with E-state index in [0.29, 0.717) is 33.6 Å². The molecule has 3 aliphatic rings. The van der Waals surface area contributed by atoms with Crippen LogP contribution in [0.25, 0.3) is 11.1 Å². The second-order valence-corrected chi connectivity index (χ2v) is 17.4. The van der Waals surface area contributed by atoms with Gasteiger partial charge in [-0.1, -0.05) is 12.8 Å². The molecule has 2 saturated carbocycles. The molecule has 0 radical (unpaired) electrons. The van der Waals surface area contributed by atoms with Crippen molar-refractivity contribution in [3.8, 4) is 16.9 Å². The predicted molar refractivity (Wildman–Crippen MR) is 193 cm³/mol. The molecule has 1 aromatic carbocycles. The molecule has 0 amide bonds. The number of hydrogen-bond donors (Lipinski definition) is 2. The van der Waals surface area contributed by atoms with Gasteiger partial charge in [0.15, 0.2) is 0 Å². The fraction of sp³-hybridized carbons (Fsp3) is 0.471. The van der Waals surface area contributed by atoms with Crippen molar-refractivity contribution in [2.75, 3.05) is 62.2 Å². The molecule has 1 saturated heterocycles. The Labute approximate surface area is 285 Å². The average Bonchev–Trinajstić information content (AvgIpc) is 3.58. The second-order valence-electron chi connectivity index (χ2n) is 13.3. The summed E-state index contributed by atoms with van der Waals surface area (Å²) >= 11 is 3.60. The molecule has 0 atom stereocenters. The van der Waals surface area contributed by atoms with Gasteiger partial charge in [-0.3, -0.25) is 14.6 Å². The van der Waals surface area contributed by atoms with E-state index in [-0.39, 0.29) is 0 Å². The van der Waals surface area contributed by atoms with Crippen LogP contribution in [0.3, 0.4) is 0 Å². The molecule has 0 spiro atoms. The van der Waals surface area contributed by atoms with Crippen molar-refractivity contribution in [1.29, 1.82) is 0 Å². The lowest BCUT2D eigenvalue weighted by Gasteiger charge is -2.40. The molecular formula is C34H43BrN9O2P. The highest BCUT2D eigenvalue weighted by Gasteiger charge is 2.29. The van der Waals surface area contributed by atoms with Crippen LogP contribution in [0.2, 0.25) is 0 Å². The molecule has 2 aliphatic carbocycles. The molecule has 47 heavy (non-hydrogen) atoms. The summed E-state index contributed by atoms with van der Waals surface area (Å²) in [5.74, 6) is 2.10. The Morgan fingerprint density at radius 2 is 1.70 bits per heavy atom. The van der Waals surface area contributed by atoms with Crippen molar-refractivity contribution in [1.82, 2.24) is 29.6 Å². The molecule has 0 unspecified atom stereocenters. The number of piperazine rings is 1. The lowest BCUT2D eigenvalue weighted by atomic mass is 10.0. The Balaban J connectivity index is 1.18. The van der Waals surface area contributed by atoms with Crippen LogP contribution in [0.5, 0.6) is 5.75 Å². The van der Waals surface area contributed by atoms with Crippen molar-refractivity contribution >= 4 is 57.2 Å². The maximum absolute atomic E-state index is 13.3. The topological polar surface area (TPSA) is 113 Å². The van der Waals surface area contributed by atoms with Gasteiger partial charge in [0.2, 0.25) is 5.95 Å². The number of halogens is 1. The van der Waals surface area contributed by atoms with Gasteiger partial charge >= 0.3 is 0 Å². The summed E-state index contributed by atoms with van der Waals surface area (Å²) in [5.41, 5.74) is 5.67. The van der Waals surface area contributed by atoms with E-state index in [1.165, 1.54) is 25.7 Å². The summed E-state index contributed by atoms with van der Waals surface area (Å²) in [5, 5.41) is 12.0. The van der Waals surface area contributed by atoms with Crippen LogP contribution in [0.4, 0.5) is 28.8 Å². The van der Waals surface area contributed by atoms with Crippen LogP contribution >= 0.6 is 23.1 Å². The standard InChI is InChI=1S/C34H43BrN9O2P/c1-42-21-23(18-38-42)25-15-28(31(46-2)17-30(25)44-13-11-43(12-14-44)24-7-5-6-8-24)40-34-37-19-26(35)33(41-34)39-29-20-36-27(22-9-10-22)16-32(29)47(3,4)45/h15-22,24H,5-14H2,1-4H3,(H2,37,39,40,41). The molecular weight excluding hydrogens is 677 g/mol. The third-order valence-electron chi connectivity index (χ3n) is 9.55. The monoisotopic (exact) mass is 719 g/mol. The predicted octanol–water partition coefficient (Wildman–Crippen LogP) is 6.72. The molecule has 13 heteroatoms. The number of nitrogens with one attached hydrogen (secondary N) is 2. The first-order chi connectivity index (χ1) is 22.7. The Morgan fingerprint density at radius 3 is 2.36 bits per heavy atom. The van der Waals surface area contributed by atoms with Gasteiger partial charge in [0.1, 0.15) is 18.7 Å². The van der Waals surface area contributed by atoms with Gasteiger partial charge in [-0.05, 0) is 67.1 Å². The van der Waals surface area contributed by atoms with Crippen LogP contribution in [0, 0.1) is 0 Å². The SMILES string of the molecule is COc1cc(N2CCN(C3CCCC3)CC2)c(-c2cnn(C)c2)cc1Nc1ncc(Br)c(Nc2cnc(C3CC3)cc2P(C)(C)=O)n1. The molecule has 0 bridgehead atoms. The molecule has 2 N–H and O–H groups in total. The largest absolute Gasteiger partial charge is 0.494 e. The molecule has 11 nitrogen and oxygen atoms in total. The van der Waals surface area contributed by atoms with E-state index in [0.717, 1.165) is 78.6 Å². The van der Waals surface area contributed by atoms with Crippen molar-refractivity contribution in [3.05, 3.63) is 53.2 Å². The number of rotatable bonds is 10. The van der Waals surface area contributed by atoms with E-state index in [9.17, 15) is 4.57 Å². The fourth-order valence-electron chi connectivity index (χ4n) is 6.85. The van der Waals surface area contributed by atoms with Gasteiger partial charge < -0.3 is 24.8 Å². The first-order valence-corrected chi connectivity index (χ1v) is 19.9. The number of benzene rings is 1. The number of anilines is 5. The van der Waals surface area contributed by atoms with Crippen molar-refractivity contribution in [2.24, 2.45) is 7.05 Å². The third kappa shape index (κ3) is 7.05. The minimum Gasteiger partial charge on any atom is -0.494 e. The minimum absolute atomic E-state index is 0.393. The first kappa shape index (κ1) is 32.1. The quantitative estimate of drug-likeness (QED) is 0.171. The van der Waals surface area contributed by atoms with Gasteiger partial charge in [-0.2, -0.15) is 10.1 Å². The molecule has 4 aromatic rings. The summed E-state index contributed by atoms with van der Waals surface area (Å²) in [6.07, 6.45) is 15.1. The van der Waals surface area contributed by atoms with Gasteiger partial charge in [0, 0.05) is 91.5 Å². The van der Waals surface area contributed by atoms with Crippen molar-refractivity contribution in [3.63, 3.8) is 0 Å². The molecule has 7 rings (SSSR count). The number of pyridine rings is 1. The number of aromatic nitrogens is 5. The van der Waals surface area contributed by atoms with Crippen LogP contribution in [0.15, 0.2) is 47.5 Å². The van der Waals surface area contributed by atoms with E-state index >= 15 is 0 Å². The van der Waals surface area contributed by atoms with Crippen molar-refractivity contribution < 1.29 is 9.30 Å². The molecule has 3 aromatic heterocycles. The highest BCUT2D eigenvalue weighted by atomic mass is 79.9. The summed E-state index contributed by atoms with van der Waals surface area (Å²) in [4.78, 5) is 19.2. The minimum atomic E-state index is -2.59. The van der Waals surface area contributed by atoms with Gasteiger partial charge in [-0.15, -0.1) is 0 Å². The normalized spacial score (nSPS) is 17.7. The van der Waals surface area contributed by atoms with E-state index < -0.39 is 7.14 Å². The second kappa shape index (κ2) is 13.2. The Bertz CT molecular complexity index is 1810. The molecule has 4 heterocycles. The number of hydrogen-bond acceptors (Lipinski definition) is 10. The van der Waals surface area contributed by atoms with E-state index in [1.54, 1.807) is 32.8 Å². The zero-order chi connectivity index (χ0) is 32.7. The Kier molecular flexibility index (Phi) is 9.02. The number of aryl methyl sites for hydroxylation is 1. The smallest absolute Gasteiger partial charge is 0.229 e. The third-order valence-corrected chi connectivity index (χ3v) is 11.7. The van der Waals surface area contributed by atoms with Crippen LogP contribution in [-0.4, -0.2) is 82.3 Å². The summed E-state index contributed by atoms with van der Waals surface area (Å²) in [6, 6.07) is 6.96. The molecule has 3 fully saturated rings. The van der Waals surface area contributed by atoms with Gasteiger partial charge in [0.25, 0.3) is 0 Å². The number of ether oxygens (including phenoxy) is 1. The van der Waals surface area contributed by atoms with Crippen LogP contribution < -0.4 is 25.6 Å². The number of methoxy groups -OCH3 is 1. The van der Waals surface area contributed by atoms with E-state index in [2.05, 4.69) is 63.6 Å². The van der Waals surface area contributed by atoms with Crippen LogP contribution in [0.1, 0.15) is 50.1 Å². The maximum atomic E-state index is 13.3. The number of nitrogens with zero attached hydrogens (tertiary/aromatic N) is 7. The highest BCUT2D eigenvalue weighted by molar-refractivity contribution is 9.10. The van der Waals surface area contributed by atoms with Gasteiger partial charge in [0.05, 0.1) is 35.4 Å². The average molecular weight is 721 g/mol.